The molecule has 0 aromatic carbocycles. The van der Waals surface area contributed by atoms with Crippen LogP contribution in [-0.4, -0.2) is 47.7 Å². The topological polar surface area (TPSA) is 76.0 Å². The van der Waals surface area contributed by atoms with E-state index in [0.717, 1.165) is 0 Å². The van der Waals surface area contributed by atoms with Crippen LogP contribution in [0.1, 0.15) is 46.5 Å². The second kappa shape index (κ2) is 6.68. The molecule has 1 rings (SSSR count). The molecule has 5 nitrogen and oxygen atoms in total. The van der Waals surface area contributed by atoms with Crippen molar-refractivity contribution in [3.05, 3.63) is 0 Å². The monoisotopic (exact) mass is 274 g/mol. The fourth-order valence-electron chi connectivity index (χ4n) is 2.40. The molecule has 0 unspecified atom stereocenters. The zero-order valence-corrected chi connectivity index (χ0v) is 12.3. The van der Waals surface area contributed by atoms with Crippen LogP contribution in [0.3, 0.4) is 0 Å². The molecule has 4 atom stereocenters. The zero-order chi connectivity index (χ0) is 14.6. The van der Waals surface area contributed by atoms with Gasteiger partial charge in [0.15, 0.2) is 0 Å². The first-order valence-corrected chi connectivity index (χ1v) is 6.89. The summed E-state index contributed by atoms with van der Waals surface area (Å²) in [5.74, 6) is -0.345. The molecule has 1 aliphatic heterocycles. The molecule has 1 saturated heterocycles. The molecule has 0 saturated carbocycles. The summed E-state index contributed by atoms with van der Waals surface area (Å²) in [6, 6.07) is 0. The fraction of sp³-hybridized carbons (Fsp3) is 0.929. The maximum absolute atomic E-state index is 11.4. The molecular formula is C14H26O5. The van der Waals surface area contributed by atoms with E-state index in [-0.39, 0.29) is 18.5 Å². The smallest absolute Gasteiger partial charge is 0.308 e. The molecule has 0 amide bonds. The Balaban J connectivity index is 2.71. The van der Waals surface area contributed by atoms with Crippen molar-refractivity contribution in [1.29, 1.82) is 0 Å². The lowest BCUT2D eigenvalue weighted by Gasteiger charge is -2.45. The summed E-state index contributed by atoms with van der Waals surface area (Å²) < 4.78 is 10.6. The highest BCUT2D eigenvalue weighted by Crippen LogP contribution is 2.39. The summed E-state index contributed by atoms with van der Waals surface area (Å²) in [5, 5.41) is 19.9. The SMILES string of the molecule is CC[C@H](O)C[C@@H]1C[C@H](O)C(C)(C)[C@H](CC(=O)OC)O1. The van der Waals surface area contributed by atoms with Gasteiger partial charge in [0.25, 0.3) is 0 Å². The minimum absolute atomic E-state index is 0.124. The molecule has 0 radical (unpaired) electrons. The molecule has 112 valence electrons. The Bertz CT molecular complexity index is 302. The highest BCUT2D eigenvalue weighted by molar-refractivity contribution is 5.69. The van der Waals surface area contributed by atoms with Gasteiger partial charge in [0.2, 0.25) is 0 Å². The van der Waals surface area contributed by atoms with Crippen LogP contribution in [0.5, 0.6) is 0 Å². The number of aliphatic hydroxyl groups is 2. The minimum Gasteiger partial charge on any atom is -0.469 e. The number of hydrogen-bond acceptors (Lipinski definition) is 5. The number of carbonyl (C=O) groups is 1. The zero-order valence-electron chi connectivity index (χ0n) is 12.3. The number of methoxy groups -OCH3 is 1. The van der Waals surface area contributed by atoms with Crippen molar-refractivity contribution in [2.45, 2.75) is 70.9 Å². The average Bonchev–Trinajstić information content (AvgIpc) is 2.35. The molecule has 19 heavy (non-hydrogen) atoms. The van der Waals surface area contributed by atoms with Crippen LogP contribution >= 0.6 is 0 Å². The maximum Gasteiger partial charge on any atom is 0.308 e. The molecule has 1 aliphatic rings. The Kier molecular flexibility index (Phi) is 5.77. The normalized spacial score (nSPS) is 31.8. The first kappa shape index (κ1) is 16.4. The summed E-state index contributed by atoms with van der Waals surface area (Å²) in [6.45, 7) is 5.68. The first-order chi connectivity index (χ1) is 8.81. The summed E-state index contributed by atoms with van der Waals surface area (Å²) in [5.41, 5.74) is -0.498. The Morgan fingerprint density at radius 3 is 2.68 bits per heavy atom. The molecule has 0 aromatic heterocycles. The molecular weight excluding hydrogens is 248 g/mol. The molecule has 1 fully saturated rings. The predicted molar refractivity (Wildman–Crippen MR) is 70.6 cm³/mol. The number of aliphatic hydroxyl groups excluding tert-OH is 2. The Morgan fingerprint density at radius 1 is 1.53 bits per heavy atom. The second-order valence-corrected chi connectivity index (χ2v) is 5.90. The van der Waals surface area contributed by atoms with Crippen molar-refractivity contribution < 1.29 is 24.5 Å². The van der Waals surface area contributed by atoms with Crippen molar-refractivity contribution in [2.75, 3.05) is 7.11 Å². The van der Waals surface area contributed by atoms with Crippen LogP contribution in [0.15, 0.2) is 0 Å². The average molecular weight is 274 g/mol. The van der Waals surface area contributed by atoms with Crippen LogP contribution in [-0.2, 0) is 14.3 Å². The Labute approximate surface area is 114 Å². The van der Waals surface area contributed by atoms with E-state index < -0.39 is 23.7 Å². The van der Waals surface area contributed by atoms with Gasteiger partial charge in [-0.1, -0.05) is 20.8 Å². The number of rotatable bonds is 5. The lowest BCUT2D eigenvalue weighted by molar-refractivity contribution is -0.188. The van der Waals surface area contributed by atoms with Gasteiger partial charge in [0.1, 0.15) is 0 Å². The van der Waals surface area contributed by atoms with E-state index in [4.69, 9.17) is 4.74 Å². The fourth-order valence-corrected chi connectivity index (χ4v) is 2.40. The highest BCUT2D eigenvalue weighted by Gasteiger charge is 2.45. The number of carbonyl (C=O) groups excluding carboxylic acids is 1. The summed E-state index contributed by atoms with van der Waals surface area (Å²) in [4.78, 5) is 11.4. The van der Waals surface area contributed by atoms with Gasteiger partial charge in [0.05, 0.1) is 37.9 Å². The van der Waals surface area contributed by atoms with Gasteiger partial charge < -0.3 is 19.7 Å². The van der Waals surface area contributed by atoms with Crippen LogP contribution < -0.4 is 0 Å². The lowest BCUT2D eigenvalue weighted by Crippen LogP contribution is -2.51. The van der Waals surface area contributed by atoms with Crippen LogP contribution in [0.2, 0.25) is 0 Å². The van der Waals surface area contributed by atoms with E-state index in [1.54, 1.807) is 0 Å². The van der Waals surface area contributed by atoms with Crippen molar-refractivity contribution in [1.82, 2.24) is 0 Å². The quantitative estimate of drug-likeness (QED) is 0.738. The number of esters is 1. The van der Waals surface area contributed by atoms with Crippen LogP contribution in [0.25, 0.3) is 0 Å². The first-order valence-electron chi connectivity index (χ1n) is 6.89. The minimum atomic E-state index is -0.551. The molecule has 5 heteroatoms. The van der Waals surface area contributed by atoms with Gasteiger partial charge in [0, 0.05) is 11.8 Å². The standard InChI is InChI=1S/C14H26O5/c1-5-9(15)6-10-7-11(16)14(2,3)12(19-10)8-13(17)18-4/h9-12,15-16H,5-8H2,1-4H3/t9-,10+,11-,12-/m0/s1. The second-order valence-electron chi connectivity index (χ2n) is 5.90. The third-order valence-corrected chi connectivity index (χ3v) is 4.12. The molecule has 0 spiro atoms. The van der Waals surface area contributed by atoms with Crippen molar-refractivity contribution in [3.63, 3.8) is 0 Å². The maximum atomic E-state index is 11.4. The van der Waals surface area contributed by atoms with E-state index in [0.29, 0.717) is 19.3 Å². The largest absolute Gasteiger partial charge is 0.469 e. The third kappa shape index (κ3) is 4.16. The van der Waals surface area contributed by atoms with E-state index in [1.807, 2.05) is 20.8 Å². The summed E-state index contributed by atoms with van der Waals surface area (Å²) in [6.07, 6.45) is 0.163. The summed E-state index contributed by atoms with van der Waals surface area (Å²) >= 11 is 0. The van der Waals surface area contributed by atoms with Gasteiger partial charge >= 0.3 is 5.97 Å². The van der Waals surface area contributed by atoms with Crippen LogP contribution in [0.4, 0.5) is 0 Å². The molecule has 2 N–H and O–H groups in total. The Morgan fingerprint density at radius 2 is 2.16 bits per heavy atom. The van der Waals surface area contributed by atoms with Crippen molar-refractivity contribution in [2.24, 2.45) is 5.41 Å². The van der Waals surface area contributed by atoms with E-state index in [9.17, 15) is 15.0 Å². The van der Waals surface area contributed by atoms with Crippen molar-refractivity contribution in [3.8, 4) is 0 Å². The number of ether oxygens (including phenoxy) is 2. The van der Waals surface area contributed by atoms with Gasteiger partial charge in [-0.15, -0.1) is 0 Å². The predicted octanol–water partition coefficient (Wildman–Crippen LogP) is 1.26. The lowest BCUT2D eigenvalue weighted by atomic mass is 9.74. The van der Waals surface area contributed by atoms with Gasteiger partial charge in [-0.05, 0) is 12.8 Å². The Hall–Kier alpha value is -0.650. The molecule has 0 aliphatic carbocycles. The summed E-state index contributed by atoms with van der Waals surface area (Å²) in [7, 11) is 1.34. The van der Waals surface area contributed by atoms with Crippen molar-refractivity contribution >= 4 is 5.97 Å². The van der Waals surface area contributed by atoms with Gasteiger partial charge in [-0.2, -0.15) is 0 Å². The van der Waals surface area contributed by atoms with E-state index in [2.05, 4.69) is 4.74 Å². The molecule has 0 aromatic rings. The van der Waals surface area contributed by atoms with E-state index >= 15 is 0 Å². The highest BCUT2D eigenvalue weighted by atomic mass is 16.5. The molecule has 1 heterocycles. The van der Waals surface area contributed by atoms with Gasteiger partial charge in [-0.3, -0.25) is 4.79 Å². The van der Waals surface area contributed by atoms with Gasteiger partial charge in [-0.25, -0.2) is 0 Å². The third-order valence-electron chi connectivity index (χ3n) is 4.12. The van der Waals surface area contributed by atoms with E-state index in [1.165, 1.54) is 7.11 Å². The molecule has 0 bridgehead atoms. The van der Waals surface area contributed by atoms with Crippen LogP contribution in [0, 0.1) is 5.41 Å². The number of hydrogen-bond donors (Lipinski definition) is 2.